The van der Waals surface area contributed by atoms with Crippen LogP contribution in [-0.2, 0) is 14.3 Å². The Morgan fingerprint density at radius 3 is 2.62 bits per heavy atom. The molecule has 2 bridgehead atoms. The van der Waals surface area contributed by atoms with Gasteiger partial charge in [0.2, 0.25) is 0 Å². The maximum absolute atomic E-state index is 13.0. The van der Waals surface area contributed by atoms with Gasteiger partial charge in [-0.15, -0.1) is 0 Å². The minimum atomic E-state index is -0.760. The first-order valence-corrected chi connectivity index (χ1v) is 7.42. The molecule has 110 valence electrons. The summed E-state index contributed by atoms with van der Waals surface area (Å²) >= 11 is 0. The third-order valence-corrected chi connectivity index (χ3v) is 5.72. The summed E-state index contributed by atoms with van der Waals surface area (Å²) in [5.41, 5.74) is -0.0910. The monoisotopic (exact) mass is 286 g/mol. The molecular formula is C17H18O4. The maximum atomic E-state index is 13.0. The SMILES string of the molecule is COC(=O)[C@]1(C)[C@H](C(=O)c2ccccc2)[C@H]2C[C@H]1[C@@H]1O[C@H]21. The Hall–Kier alpha value is -1.68. The zero-order valence-electron chi connectivity index (χ0n) is 12.1. The van der Waals surface area contributed by atoms with Gasteiger partial charge in [0.25, 0.3) is 0 Å². The molecule has 0 radical (unpaired) electrons. The normalized spacial score (nSPS) is 42.5. The molecule has 2 aliphatic carbocycles. The van der Waals surface area contributed by atoms with Crippen LogP contribution >= 0.6 is 0 Å². The molecule has 0 amide bonds. The summed E-state index contributed by atoms with van der Waals surface area (Å²) in [7, 11) is 1.40. The Balaban J connectivity index is 1.75. The van der Waals surface area contributed by atoms with Crippen molar-refractivity contribution in [1.82, 2.24) is 0 Å². The standard InChI is InChI=1S/C17H18O4/c1-17(16(19)20-2)11-8-10(14-15(11)21-14)12(17)13(18)9-6-4-3-5-7-9/h3-7,10-12,14-15H,8H2,1-2H3/t10-,11+,12+,14-,15+,17+/m1/s1. The Bertz CT molecular complexity index is 610. The van der Waals surface area contributed by atoms with Crippen molar-refractivity contribution in [2.24, 2.45) is 23.2 Å². The average molecular weight is 286 g/mol. The molecule has 21 heavy (non-hydrogen) atoms. The number of ether oxygens (including phenoxy) is 2. The molecule has 1 aromatic rings. The highest BCUT2D eigenvalue weighted by atomic mass is 16.6. The molecule has 1 heterocycles. The molecular weight excluding hydrogens is 268 g/mol. The lowest BCUT2D eigenvalue weighted by Crippen LogP contribution is -2.47. The molecule has 4 rings (SSSR count). The number of Topliss-reactive ketones (excluding diaryl/α,β-unsaturated/α-hetero) is 1. The number of fused-ring (bicyclic) bond motifs is 5. The number of esters is 1. The van der Waals surface area contributed by atoms with Gasteiger partial charge in [-0.25, -0.2) is 0 Å². The quantitative estimate of drug-likeness (QED) is 0.485. The smallest absolute Gasteiger partial charge is 0.312 e. The van der Waals surface area contributed by atoms with Crippen LogP contribution in [0.3, 0.4) is 0 Å². The zero-order valence-corrected chi connectivity index (χ0v) is 12.1. The molecule has 4 heteroatoms. The van der Waals surface area contributed by atoms with E-state index in [2.05, 4.69) is 0 Å². The lowest BCUT2D eigenvalue weighted by Gasteiger charge is -2.35. The van der Waals surface area contributed by atoms with Crippen LogP contribution in [0, 0.1) is 23.2 Å². The molecule has 4 nitrogen and oxygen atoms in total. The van der Waals surface area contributed by atoms with Crippen molar-refractivity contribution in [3.63, 3.8) is 0 Å². The molecule has 1 saturated heterocycles. The second-order valence-corrected chi connectivity index (χ2v) is 6.55. The van der Waals surface area contributed by atoms with E-state index in [0.29, 0.717) is 5.56 Å². The predicted octanol–water partition coefficient (Wildman–Crippen LogP) is 2.08. The number of epoxide rings is 1. The lowest BCUT2D eigenvalue weighted by molar-refractivity contribution is -0.157. The van der Waals surface area contributed by atoms with E-state index in [4.69, 9.17) is 9.47 Å². The van der Waals surface area contributed by atoms with Crippen LogP contribution in [0.1, 0.15) is 23.7 Å². The second-order valence-electron chi connectivity index (χ2n) is 6.55. The molecule has 0 aromatic heterocycles. The van der Waals surface area contributed by atoms with E-state index in [1.54, 1.807) is 0 Å². The van der Waals surface area contributed by atoms with Crippen LogP contribution in [0.25, 0.3) is 0 Å². The van der Waals surface area contributed by atoms with E-state index in [-0.39, 0.29) is 41.7 Å². The fourth-order valence-corrected chi connectivity index (χ4v) is 4.70. The highest BCUT2D eigenvalue weighted by Crippen LogP contribution is 2.67. The number of methoxy groups -OCH3 is 1. The number of benzene rings is 1. The zero-order chi connectivity index (χ0) is 14.8. The number of hydrogen-bond acceptors (Lipinski definition) is 4. The fraction of sp³-hybridized carbons (Fsp3) is 0.529. The van der Waals surface area contributed by atoms with Crippen molar-refractivity contribution in [2.75, 3.05) is 7.11 Å². The summed E-state index contributed by atoms with van der Waals surface area (Å²) in [6.45, 7) is 1.88. The largest absolute Gasteiger partial charge is 0.469 e. The van der Waals surface area contributed by atoms with Gasteiger partial charge >= 0.3 is 5.97 Å². The predicted molar refractivity (Wildman–Crippen MR) is 74.6 cm³/mol. The van der Waals surface area contributed by atoms with Gasteiger partial charge in [0.1, 0.15) is 0 Å². The van der Waals surface area contributed by atoms with Gasteiger partial charge < -0.3 is 9.47 Å². The van der Waals surface area contributed by atoms with Gasteiger partial charge in [0.05, 0.1) is 24.7 Å². The number of rotatable bonds is 3. The van der Waals surface area contributed by atoms with Crippen LogP contribution < -0.4 is 0 Å². The summed E-state index contributed by atoms with van der Waals surface area (Å²) in [6, 6.07) is 9.23. The molecule has 2 saturated carbocycles. The fourth-order valence-electron chi connectivity index (χ4n) is 4.70. The van der Waals surface area contributed by atoms with E-state index < -0.39 is 5.41 Å². The van der Waals surface area contributed by atoms with Crippen molar-refractivity contribution >= 4 is 11.8 Å². The third kappa shape index (κ3) is 1.54. The van der Waals surface area contributed by atoms with Gasteiger partial charge in [-0.3, -0.25) is 9.59 Å². The van der Waals surface area contributed by atoms with E-state index in [9.17, 15) is 9.59 Å². The molecule has 0 N–H and O–H groups in total. The molecule has 3 aliphatic rings. The van der Waals surface area contributed by atoms with E-state index >= 15 is 0 Å². The molecule has 1 aliphatic heterocycles. The molecule has 1 aromatic carbocycles. The van der Waals surface area contributed by atoms with Crippen molar-refractivity contribution in [3.05, 3.63) is 35.9 Å². The van der Waals surface area contributed by atoms with E-state index in [1.807, 2.05) is 37.3 Å². The van der Waals surface area contributed by atoms with Crippen molar-refractivity contribution < 1.29 is 19.1 Å². The highest BCUT2D eigenvalue weighted by molar-refractivity contribution is 6.02. The topological polar surface area (TPSA) is 55.9 Å². The Labute approximate surface area is 123 Å². The van der Waals surface area contributed by atoms with E-state index in [0.717, 1.165) is 6.42 Å². The molecule has 3 fully saturated rings. The van der Waals surface area contributed by atoms with Crippen LogP contribution in [-0.4, -0.2) is 31.1 Å². The van der Waals surface area contributed by atoms with Crippen molar-refractivity contribution in [2.45, 2.75) is 25.6 Å². The minimum Gasteiger partial charge on any atom is -0.469 e. The Kier molecular flexibility index (Phi) is 2.58. The van der Waals surface area contributed by atoms with Gasteiger partial charge in [0, 0.05) is 17.4 Å². The lowest BCUT2D eigenvalue weighted by atomic mass is 9.65. The number of ketones is 1. The maximum Gasteiger partial charge on any atom is 0.312 e. The van der Waals surface area contributed by atoms with E-state index in [1.165, 1.54) is 7.11 Å². The summed E-state index contributed by atoms with van der Waals surface area (Å²) in [5, 5.41) is 0. The second kappa shape index (κ2) is 4.17. The first kappa shape index (κ1) is 13.0. The van der Waals surface area contributed by atoms with Gasteiger partial charge in [-0.1, -0.05) is 30.3 Å². The van der Waals surface area contributed by atoms with Crippen LogP contribution in [0.5, 0.6) is 0 Å². The first-order valence-electron chi connectivity index (χ1n) is 7.42. The Morgan fingerprint density at radius 1 is 1.24 bits per heavy atom. The van der Waals surface area contributed by atoms with Gasteiger partial charge in [-0.05, 0) is 19.3 Å². The average Bonchev–Trinajstić information content (AvgIpc) is 3.16. The third-order valence-electron chi connectivity index (χ3n) is 5.72. The molecule has 6 atom stereocenters. The molecule has 0 unspecified atom stereocenters. The van der Waals surface area contributed by atoms with Gasteiger partial charge in [-0.2, -0.15) is 0 Å². The number of carbonyl (C=O) groups excluding carboxylic acids is 2. The summed E-state index contributed by atoms with van der Waals surface area (Å²) in [5.74, 6) is -0.307. The Morgan fingerprint density at radius 2 is 1.95 bits per heavy atom. The highest BCUT2D eigenvalue weighted by Gasteiger charge is 2.75. The minimum absolute atomic E-state index is 0.0463. The number of carbonyl (C=O) groups is 2. The van der Waals surface area contributed by atoms with Crippen LogP contribution in [0.4, 0.5) is 0 Å². The summed E-state index contributed by atoms with van der Waals surface area (Å²) in [6.07, 6.45) is 1.22. The van der Waals surface area contributed by atoms with Crippen LogP contribution in [0.15, 0.2) is 30.3 Å². The summed E-state index contributed by atoms with van der Waals surface area (Å²) in [4.78, 5) is 25.4. The first-order chi connectivity index (χ1) is 10.1. The van der Waals surface area contributed by atoms with Crippen molar-refractivity contribution in [3.8, 4) is 0 Å². The van der Waals surface area contributed by atoms with Crippen LogP contribution in [0.2, 0.25) is 0 Å². The van der Waals surface area contributed by atoms with Gasteiger partial charge in [0.15, 0.2) is 5.78 Å². The number of hydrogen-bond donors (Lipinski definition) is 0. The molecule has 0 spiro atoms. The summed E-state index contributed by atoms with van der Waals surface area (Å²) < 4.78 is 10.7. The van der Waals surface area contributed by atoms with Crippen molar-refractivity contribution in [1.29, 1.82) is 0 Å².